The van der Waals surface area contributed by atoms with Crippen LogP contribution in [0.25, 0.3) is 22.9 Å². The van der Waals surface area contributed by atoms with E-state index in [1.807, 2.05) is 54.1 Å². The van der Waals surface area contributed by atoms with Gasteiger partial charge in [0.05, 0.1) is 11.4 Å². The minimum Gasteiger partial charge on any atom is -0.318 e. The second kappa shape index (κ2) is 11.4. The normalized spacial score (nSPS) is 14.5. The number of fused-ring (bicyclic) bond motifs is 1. The lowest BCUT2D eigenvalue weighted by atomic mass is 10.0. The highest BCUT2D eigenvalue weighted by atomic mass is 16.1. The molecule has 32 heavy (non-hydrogen) atoms. The number of nitrogens with zero attached hydrogens (tertiary/aromatic N) is 2. The molecule has 2 N–H and O–H groups in total. The van der Waals surface area contributed by atoms with Crippen molar-refractivity contribution in [1.82, 2.24) is 19.8 Å². The summed E-state index contributed by atoms with van der Waals surface area (Å²) in [5.74, 6) is 0. The largest absolute Gasteiger partial charge is 0.326 e. The average molecular weight is 433 g/mol. The first kappa shape index (κ1) is 23.4. The number of benzene rings is 2. The number of aromatic amines is 1. The smallest absolute Gasteiger partial charge is 0.318 e. The third kappa shape index (κ3) is 5.52. The number of carbonyl (C=O) groups excluding carboxylic acids is 1. The second-order valence-electron chi connectivity index (χ2n) is 7.91. The summed E-state index contributed by atoms with van der Waals surface area (Å²) < 4.78 is 1.85. The van der Waals surface area contributed by atoms with Gasteiger partial charge in [0.25, 0.3) is 0 Å². The van der Waals surface area contributed by atoms with Crippen LogP contribution in [0.5, 0.6) is 0 Å². The molecule has 0 radical (unpaired) electrons. The minimum absolute atomic E-state index is 0.0523. The Labute approximate surface area is 189 Å². The Morgan fingerprint density at radius 2 is 1.81 bits per heavy atom. The van der Waals surface area contributed by atoms with E-state index in [-0.39, 0.29) is 11.7 Å². The van der Waals surface area contributed by atoms with Gasteiger partial charge in [0.15, 0.2) is 0 Å². The van der Waals surface area contributed by atoms with E-state index >= 15 is 0 Å². The maximum atomic E-state index is 12.1. The minimum atomic E-state index is -0.0523. The van der Waals surface area contributed by atoms with Gasteiger partial charge in [0.1, 0.15) is 6.29 Å². The summed E-state index contributed by atoms with van der Waals surface area (Å²) in [6.45, 7) is 11.7. The number of carbonyl (C=O) groups is 1. The Hall–Kier alpha value is -3.22. The first-order valence-corrected chi connectivity index (χ1v) is 11.0. The van der Waals surface area contributed by atoms with Crippen LogP contribution in [0.1, 0.15) is 40.6 Å². The summed E-state index contributed by atoms with van der Waals surface area (Å²) >= 11 is 0. The Kier molecular flexibility index (Phi) is 8.36. The number of likely N-dealkylation sites (N-methyl/N-ethyl adjacent to an activating group) is 1. The standard InChI is InChI=1S/C15H24N4O.C11H8O/c1-4-13-14(5-2)19(15(20)17-13)12-6-9-18(10-7-12)11-8-16-3;12-8-9-5-6-10-3-1-2-4-11(10)7-9/h4-5,12,16H,1-2,6-11H2,3H3,(H,17,20);1-8H. The van der Waals surface area contributed by atoms with Crippen LogP contribution >= 0.6 is 0 Å². The summed E-state index contributed by atoms with van der Waals surface area (Å²) in [6, 6.07) is 13.9. The number of hydrogen-bond donors (Lipinski definition) is 2. The van der Waals surface area contributed by atoms with Crippen LogP contribution in [-0.2, 0) is 0 Å². The number of hydrogen-bond acceptors (Lipinski definition) is 4. The molecule has 0 atom stereocenters. The molecule has 1 aromatic heterocycles. The van der Waals surface area contributed by atoms with Crippen molar-refractivity contribution in [2.75, 3.05) is 33.2 Å². The average Bonchev–Trinajstić information content (AvgIpc) is 3.18. The van der Waals surface area contributed by atoms with E-state index in [0.29, 0.717) is 0 Å². The lowest BCUT2D eigenvalue weighted by molar-refractivity contribution is 0.112. The monoisotopic (exact) mass is 432 g/mol. The van der Waals surface area contributed by atoms with Crippen molar-refractivity contribution in [3.05, 3.63) is 83.1 Å². The molecule has 0 amide bonds. The molecular weight excluding hydrogens is 400 g/mol. The first-order chi connectivity index (χ1) is 15.6. The number of rotatable bonds is 7. The fraction of sp³-hybridized carbons (Fsp3) is 0.308. The quantitative estimate of drug-likeness (QED) is 0.554. The van der Waals surface area contributed by atoms with Gasteiger partial charge >= 0.3 is 5.69 Å². The number of H-pyrrole nitrogens is 1. The summed E-state index contributed by atoms with van der Waals surface area (Å²) in [4.78, 5) is 27.9. The molecule has 0 bridgehead atoms. The van der Waals surface area contributed by atoms with Crippen LogP contribution in [0, 0.1) is 0 Å². The van der Waals surface area contributed by atoms with Crippen LogP contribution in [0.2, 0.25) is 0 Å². The Morgan fingerprint density at radius 1 is 1.09 bits per heavy atom. The van der Waals surface area contributed by atoms with Crippen LogP contribution in [0.15, 0.2) is 60.4 Å². The number of likely N-dealkylation sites (tertiary alicyclic amines) is 1. The second-order valence-corrected chi connectivity index (χ2v) is 7.91. The number of imidazole rings is 1. The molecule has 1 saturated heterocycles. The molecular formula is C26H32N4O2. The zero-order chi connectivity index (χ0) is 22.9. The molecule has 168 valence electrons. The highest BCUT2D eigenvalue weighted by molar-refractivity contribution is 5.88. The van der Waals surface area contributed by atoms with Crippen LogP contribution in [-0.4, -0.2) is 54.0 Å². The van der Waals surface area contributed by atoms with Crippen molar-refractivity contribution < 1.29 is 4.79 Å². The molecule has 6 heteroatoms. The van der Waals surface area contributed by atoms with E-state index < -0.39 is 0 Å². The molecule has 0 unspecified atom stereocenters. The summed E-state index contributed by atoms with van der Waals surface area (Å²) in [5, 5.41) is 5.45. The van der Waals surface area contributed by atoms with E-state index in [1.165, 1.54) is 5.39 Å². The van der Waals surface area contributed by atoms with Gasteiger partial charge in [0.2, 0.25) is 0 Å². The molecule has 0 spiro atoms. The number of aromatic nitrogens is 2. The zero-order valence-corrected chi connectivity index (χ0v) is 18.7. The SMILES string of the molecule is C=Cc1[nH]c(=O)n(C2CCN(CCNC)CC2)c1C=C.O=Cc1ccc2ccccc2c1. The topological polar surface area (TPSA) is 70.1 Å². The van der Waals surface area contributed by atoms with Gasteiger partial charge < -0.3 is 15.2 Å². The van der Waals surface area contributed by atoms with Gasteiger partial charge in [-0.05, 0) is 48.9 Å². The van der Waals surface area contributed by atoms with E-state index in [0.717, 1.165) is 67.6 Å². The molecule has 4 rings (SSSR count). The van der Waals surface area contributed by atoms with Crippen molar-refractivity contribution in [1.29, 1.82) is 0 Å². The van der Waals surface area contributed by atoms with Gasteiger partial charge in [0, 0.05) is 37.8 Å². The van der Waals surface area contributed by atoms with Crippen molar-refractivity contribution >= 4 is 29.2 Å². The lowest BCUT2D eigenvalue weighted by Gasteiger charge is -2.32. The summed E-state index contributed by atoms with van der Waals surface area (Å²) in [6.07, 6.45) is 6.28. The molecule has 2 aromatic carbocycles. The van der Waals surface area contributed by atoms with Gasteiger partial charge in [-0.1, -0.05) is 49.6 Å². The van der Waals surface area contributed by atoms with E-state index in [2.05, 4.69) is 28.4 Å². The van der Waals surface area contributed by atoms with Crippen molar-refractivity contribution in [2.45, 2.75) is 18.9 Å². The van der Waals surface area contributed by atoms with E-state index in [4.69, 9.17) is 0 Å². The van der Waals surface area contributed by atoms with Gasteiger partial charge in [-0.2, -0.15) is 0 Å². The van der Waals surface area contributed by atoms with Crippen LogP contribution < -0.4 is 11.0 Å². The fourth-order valence-electron chi connectivity index (χ4n) is 4.16. The van der Waals surface area contributed by atoms with Crippen molar-refractivity contribution in [3.63, 3.8) is 0 Å². The molecule has 1 aliphatic heterocycles. The van der Waals surface area contributed by atoms with E-state index in [9.17, 15) is 9.59 Å². The van der Waals surface area contributed by atoms with Gasteiger partial charge in [-0.3, -0.25) is 9.36 Å². The third-order valence-electron chi connectivity index (χ3n) is 5.90. The Bertz CT molecular complexity index is 1120. The Balaban J connectivity index is 0.000000204. The van der Waals surface area contributed by atoms with E-state index in [1.54, 1.807) is 12.2 Å². The molecule has 1 fully saturated rings. The molecule has 0 saturated carbocycles. The van der Waals surface area contributed by atoms with Crippen molar-refractivity contribution in [2.24, 2.45) is 0 Å². The zero-order valence-electron chi connectivity index (χ0n) is 18.7. The van der Waals surface area contributed by atoms with Crippen molar-refractivity contribution in [3.8, 4) is 0 Å². The molecule has 1 aliphatic rings. The van der Waals surface area contributed by atoms with Crippen LogP contribution in [0.4, 0.5) is 0 Å². The lowest BCUT2D eigenvalue weighted by Crippen LogP contribution is -2.40. The molecule has 0 aliphatic carbocycles. The number of nitrogens with one attached hydrogen (secondary N) is 2. The number of piperidine rings is 1. The van der Waals surface area contributed by atoms with Gasteiger partial charge in [-0.15, -0.1) is 0 Å². The third-order valence-corrected chi connectivity index (χ3v) is 5.90. The molecule has 3 aromatic rings. The maximum Gasteiger partial charge on any atom is 0.326 e. The highest BCUT2D eigenvalue weighted by Crippen LogP contribution is 2.24. The fourth-order valence-corrected chi connectivity index (χ4v) is 4.16. The maximum absolute atomic E-state index is 12.1. The van der Waals surface area contributed by atoms with Crippen LogP contribution in [0.3, 0.4) is 0 Å². The Morgan fingerprint density at radius 3 is 2.44 bits per heavy atom. The van der Waals surface area contributed by atoms with Gasteiger partial charge in [-0.25, -0.2) is 4.79 Å². The highest BCUT2D eigenvalue weighted by Gasteiger charge is 2.24. The summed E-state index contributed by atoms with van der Waals surface area (Å²) in [5.41, 5.74) is 2.30. The molecule has 2 heterocycles. The summed E-state index contributed by atoms with van der Waals surface area (Å²) in [7, 11) is 1.97. The molecule has 6 nitrogen and oxygen atoms in total. The predicted molar refractivity (Wildman–Crippen MR) is 133 cm³/mol. The number of aldehydes is 1. The predicted octanol–water partition coefficient (Wildman–Crippen LogP) is 3.97. The first-order valence-electron chi connectivity index (χ1n) is 11.0.